The predicted molar refractivity (Wildman–Crippen MR) is 146 cm³/mol. The summed E-state index contributed by atoms with van der Waals surface area (Å²) in [6.07, 6.45) is 2.76. The average molecular weight is 540 g/mol. The first-order chi connectivity index (χ1) is 17.9. The molecule has 2 heterocycles. The van der Waals surface area contributed by atoms with Crippen LogP contribution in [0.4, 0.5) is 10.1 Å². The normalized spacial score (nSPS) is 16.4. The molecule has 1 aliphatic heterocycles. The minimum atomic E-state index is -3.74. The smallest absolute Gasteiger partial charge is 0.259 e. The van der Waals surface area contributed by atoms with Gasteiger partial charge in [0.15, 0.2) is 0 Å². The van der Waals surface area contributed by atoms with E-state index in [2.05, 4.69) is 9.71 Å². The number of hydrogen-bond acceptors (Lipinski definition) is 5. The van der Waals surface area contributed by atoms with Crippen molar-refractivity contribution in [2.75, 3.05) is 18.0 Å². The number of rotatable bonds is 8. The number of hydrogen-bond donors (Lipinski definition) is 1. The van der Waals surface area contributed by atoms with Crippen LogP contribution >= 0.6 is 0 Å². The molecular weight excluding hydrogens is 505 g/mol. The van der Waals surface area contributed by atoms with Gasteiger partial charge < -0.3 is 9.64 Å². The Morgan fingerprint density at radius 1 is 1.16 bits per heavy atom. The lowest BCUT2D eigenvalue weighted by atomic mass is 9.85. The van der Waals surface area contributed by atoms with E-state index < -0.39 is 27.3 Å². The lowest BCUT2D eigenvalue weighted by Gasteiger charge is -2.37. The van der Waals surface area contributed by atoms with Gasteiger partial charge in [0.05, 0.1) is 16.1 Å². The number of pyridine rings is 1. The third-order valence-electron chi connectivity index (χ3n) is 6.79. The maximum Gasteiger partial charge on any atom is 0.259 e. The fourth-order valence-electron chi connectivity index (χ4n) is 4.76. The van der Waals surface area contributed by atoms with Crippen molar-refractivity contribution < 1.29 is 22.3 Å². The Labute approximate surface area is 224 Å². The Morgan fingerprint density at radius 2 is 1.87 bits per heavy atom. The molecule has 202 valence electrons. The third kappa shape index (κ3) is 5.89. The van der Waals surface area contributed by atoms with Crippen LogP contribution in [0, 0.1) is 12.7 Å². The zero-order valence-corrected chi connectivity index (χ0v) is 23.2. The van der Waals surface area contributed by atoms with Gasteiger partial charge in [-0.15, -0.1) is 0 Å². The van der Waals surface area contributed by atoms with Crippen molar-refractivity contribution in [1.29, 1.82) is 0 Å². The topological polar surface area (TPSA) is 88.6 Å². The van der Waals surface area contributed by atoms with Crippen LogP contribution in [0.25, 0.3) is 0 Å². The number of halogens is 1. The molecule has 0 radical (unpaired) electrons. The maximum absolute atomic E-state index is 14.6. The molecule has 4 rings (SSSR count). The summed E-state index contributed by atoms with van der Waals surface area (Å²) in [6.45, 7) is 9.84. The van der Waals surface area contributed by atoms with Crippen LogP contribution in [0.3, 0.4) is 0 Å². The largest absolute Gasteiger partial charge is 0.471 e. The Bertz CT molecular complexity index is 1440. The van der Waals surface area contributed by atoms with E-state index in [-0.39, 0.29) is 35.2 Å². The summed E-state index contributed by atoms with van der Waals surface area (Å²) in [7, 11) is -3.74. The minimum absolute atomic E-state index is 0.112. The van der Waals surface area contributed by atoms with Gasteiger partial charge in [0.2, 0.25) is 15.9 Å². The third-order valence-corrected chi connectivity index (χ3v) is 8.23. The van der Waals surface area contributed by atoms with Crippen molar-refractivity contribution in [1.82, 2.24) is 9.71 Å². The number of fused-ring (bicyclic) bond motifs is 1. The summed E-state index contributed by atoms with van der Waals surface area (Å²) in [5, 5.41) is 0. The van der Waals surface area contributed by atoms with Gasteiger partial charge in [-0.05, 0) is 82.0 Å². The van der Waals surface area contributed by atoms with Crippen molar-refractivity contribution in [3.8, 4) is 5.88 Å². The molecule has 0 spiro atoms. The molecular formula is C29H34FN3O4S. The first-order valence-electron chi connectivity index (χ1n) is 12.8. The van der Waals surface area contributed by atoms with Crippen LogP contribution in [0.1, 0.15) is 67.1 Å². The van der Waals surface area contributed by atoms with Crippen LogP contribution < -0.4 is 14.4 Å². The van der Waals surface area contributed by atoms with E-state index in [9.17, 15) is 17.6 Å². The second-order valence-electron chi connectivity index (χ2n) is 10.2. The van der Waals surface area contributed by atoms with Gasteiger partial charge in [-0.25, -0.2) is 22.5 Å². The van der Waals surface area contributed by atoms with E-state index in [1.54, 1.807) is 49.4 Å². The number of aromatic nitrogens is 1. The molecule has 0 saturated carbocycles. The van der Waals surface area contributed by atoms with E-state index in [1.807, 2.05) is 27.7 Å². The molecule has 1 atom stereocenters. The number of nitrogens with one attached hydrogen (secondary N) is 1. The van der Waals surface area contributed by atoms with Crippen molar-refractivity contribution in [2.24, 2.45) is 0 Å². The standard InChI is InChI=1S/C29H34FN3O4S/c1-6-20-9-11-23(12-10-20)38(35,36)32-18-22-16-29(4,5)37-27-24(22)15-21(17-31-27)28(34)33(7-2)26-14-19(3)8-13-25(26)30/h8-15,17,22,32H,6-7,16,18H2,1-5H3/t22-/m1/s1. The number of sulfonamides is 1. The molecule has 0 aliphatic carbocycles. The summed E-state index contributed by atoms with van der Waals surface area (Å²) in [6, 6.07) is 13.1. The van der Waals surface area contributed by atoms with Gasteiger partial charge >= 0.3 is 0 Å². The van der Waals surface area contributed by atoms with Crippen LogP contribution in [-0.4, -0.2) is 38.0 Å². The summed E-state index contributed by atoms with van der Waals surface area (Å²) < 4.78 is 49.4. The van der Waals surface area contributed by atoms with Gasteiger partial charge in [0.1, 0.15) is 11.4 Å². The number of carbonyl (C=O) groups excluding carboxylic acids is 1. The number of aryl methyl sites for hydroxylation is 2. The van der Waals surface area contributed by atoms with Crippen LogP contribution in [0.2, 0.25) is 0 Å². The molecule has 38 heavy (non-hydrogen) atoms. The van der Waals surface area contributed by atoms with Crippen LogP contribution in [0.15, 0.2) is 59.6 Å². The highest BCUT2D eigenvalue weighted by atomic mass is 32.2. The highest BCUT2D eigenvalue weighted by Crippen LogP contribution is 2.40. The molecule has 3 aromatic rings. The molecule has 1 aliphatic rings. The predicted octanol–water partition coefficient (Wildman–Crippen LogP) is 5.38. The highest BCUT2D eigenvalue weighted by Gasteiger charge is 2.36. The van der Waals surface area contributed by atoms with E-state index in [0.29, 0.717) is 17.9 Å². The molecule has 0 unspecified atom stereocenters. The van der Waals surface area contributed by atoms with E-state index in [4.69, 9.17) is 4.74 Å². The Morgan fingerprint density at radius 3 is 2.53 bits per heavy atom. The summed E-state index contributed by atoms with van der Waals surface area (Å²) >= 11 is 0. The monoisotopic (exact) mass is 539 g/mol. The van der Waals surface area contributed by atoms with Crippen molar-refractivity contribution in [3.63, 3.8) is 0 Å². The second-order valence-corrected chi connectivity index (χ2v) is 12.0. The Kier molecular flexibility index (Phi) is 7.90. The number of amides is 1. The quantitative estimate of drug-likeness (QED) is 0.415. The van der Waals surface area contributed by atoms with Gasteiger partial charge in [0.25, 0.3) is 5.91 Å². The fourth-order valence-corrected chi connectivity index (χ4v) is 5.84. The van der Waals surface area contributed by atoms with Crippen molar-refractivity contribution in [3.05, 3.63) is 82.8 Å². The average Bonchev–Trinajstić information content (AvgIpc) is 2.89. The van der Waals surface area contributed by atoms with Gasteiger partial charge in [-0.2, -0.15) is 0 Å². The molecule has 7 nitrogen and oxygen atoms in total. The van der Waals surface area contributed by atoms with Crippen LogP contribution in [0.5, 0.6) is 5.88 Å². The van der Waals surface area contributed by atoms with Gasteiger partial charge in [-0.1, -0.05) is 25.1 Å². The number of carbonyl (C=O) groups is 1. The first-order valence-corrected chi connectivity index (χ1v) is 14.3. The molecule has 0 saturated heterocycles. The molecule has 0 fully saturated rings. The van der Waals surface area contributed by atoms with E-state index in [0.717, 1.165) is 17.5 Å². The zero-order valence-electron chi connectivity index (χ0n) is 22.4. The van der Waals surface area contributed by atoms with Gasteiger partial charge in [0, 0.05) is 30.8 Å². The Balaban J connectivity index is 1.63. The SMILES string of the molecule is CCc1ccc(S(=O)(=O)NC[C@H]2CC(C)(C)Oc3ncc(C(=O)N(CC)c4cc(C)ccc4F)cc32)cc1. The lowest BCUT2D eigenvalue weighted by molar-refractivity contribution is 0.0663. The molecule has 1 N–H and O–H groups in total. The van der Waals surface area contributed by atoms with Crippen molar-refractivity contribution >= 4 is 21.6 Å². The number of nitrogens with zero attached hydrogens (tertiary/aromatic N) is 2. The number of anilines is 1. The second kappa shape index (κ2) is 10.8. The molecule has 0 bridgehead atoms. The lowest BCUT2D eigenvalue weighted by Crippen LogP contribution is -2.40. The van der Waals surface area contributed by atoms with Gasteiger partial charge in [-0.3, -0.25) is 4.79 Å². The zero-order chi connectivity index (χ0) is 27.7. The van der Waals surface area contributed by atoms with E-state index >= 15 is 0 Å². The van der Waals surface area contributed by atoms with Crippen molar-refractivity contribution in [2.45, 2.75) is 63.9 Å². The molecule has 1 amide bonds. The first kappa shape index (κ1) is 27.7. The van der Waals surface area contributed by atoms with E-state index in [1.165, 1.54) is 17.2 Å². The highest BCUT2D eigenvalue weighted by molar-refractivity contribution is 7.89. The van der Waals surface area contributed by atoms with Crippen LogP contribution in [-0.2, 0) is 16.4 Å². The Hall–Kier alpha value is -3.30. The summed E-state index contributed by atoms with van der Waals surface area (Å²) in [4.78, 5) is 19.5. The summed E-state index contributed by atoms with van der Waals surface area (Å²) in [5.74, 6) is -0.808. The number of benzene rings is 2. The minimum Gasteiger partial charge on any atom is -0.471 e. The molecule has 1 aromatic heterocycles. The molecule has 9 heteroatoms. The molecule has 2 aromatic carbocycles. The fraction of sp³-hybridized carbons (Fsp3) is 0.379. The number of ether oxygens (including phenoxy) is 1. The summed E-state index contributed by atoms with van der Waals surface area (Å²) in [5.41, 5.74) is 2.43. The maximum atomic E-state index is 14.6.